The lowest BCUT2D eigenvalue weighted by molar-refractivity contribution is -0.258. The quantitative estimate of drug-likeness (QED) is 0.0339. The third-order valence-electron chi connectivity index (χ3n) is 13.3. The van der Waals surface area contributed by atoms with Crippen molar-refractivity contribution in [2.75, 3.05) is 19.8 Å². The average molecular weight is 1030 g/mol. The van der Waals surface area contributed by atoms with Crippen molar-refractivity contribution in [2.45, 2.75) is 230 Å². The molecule has 3 rings (SSSR count). The number of amides is 1. The summed E-state index contributed by atoms with van der Waals surface area (Å²) in [7, 11) is -2.29. The number of carbonyl (C=O) groups excluding carboxylic acids is 3. The first-order chi connectivity index (χ1) is 33.0. The van der Waals surface area contributed by atoms with Crippen LogP contribution < -0.4 is 14.8 Å². The van der Waals surface area contributed by atoms with Crippen molar-refractivity contribution >= 4 is 49.4 Å². The molecule has 1 amide bonds. The first-order valence-electron chi connectivity index (χ1n) is 26.1. The van der Waals surface area contributed by atoms with Gasteiger partial charge in [-0.25, -0.2) is 0 Å². The number of esters is 2. The van der Waals surface area contributed by atoms with E-state index < -0.39 is 56.9 Å². The Kier molecular flexibility index (Phi) is 29.5. The minimum atomic E-state index is -2.29. The van der Waals surface area contributed by atoms with Crippen molar-refractivity contribution in [3.05, 3.63) is 58.6 Å². The van der Waals surface area contributed by atoms with Gasteiger partial charge >= 0.3 is 11.9 Å². The van der Waals surface area contributed by atoms with E-state index in [2.05, 4.69) is 46.1 Å². The molecule has 2 aromatic carbocycles. The van der Waals surface area contributed by atoms with Gasteiger partial charge in [0, 0.05) is 22.9 Å². The molecule has 1 unspecified atom stereocenters. The molecule has 69 heavy (non-hydrogen) atoms. The van der Waals surface area contributed by atoms with Crippen LogP contribution in [0.4, 0.5) is 0 Å². The normalized spacial score (nSPS) is 18.9. The number of hydrogen-bond donors (Lipinski definition) is 3. The number of aliphatic hydroxyl groups is 2. The van der Waals surface area contributed by atoms with Crippen molar-refractivity contribution in [3.63, 3.8) is 0 Å². The summed E-state index contributed by atoms with van der Waals surface area (Å²) in [5, 5.41) is 27.1. The SMILES string of the molecule is CCCCCCCCCCC[C@@H](CC(=O)N[C@H]1C(O)O[C@H](CO[Si](C)(C)C(C)(C)C)[C@@H](O)[C@@H]1OC(=O)CCCCCCCOc1ccc(Cl)cc1)OC(=O)CCCCCCCOc1ccc(Cl)cc1. The molecule has 12 nitrogen and oxygen atoms in total. The van der Waals surface area contributed by atoms with E-state index in [-0.39, 0.29) is 36.9 Å². The van der Waals surface area contributed by atoms with E-state index in [9.17, 15) is 24.6 Å². The average Bonchev–Trinajstić information content (AvgIpc) is 3.30. The van der Waals surface area contributed by atoms with Gasteiger partial charge in [0.1, 0.15) is 35.9 Å². The molecule has 0 aliphatic carbocycles. The maximum atomic E-state index is 13.9. The molecule has 0 saturated carbocycles. The van der Waals surface area contributed by atoms with Crippen LogP contribution in [-0.2, 0) is 33.0 Å². The largest absolute Gasteiger partial charge is 0.494 e. The maximum absolute atomic E-state index is 13.9. The van der Waals surface area contributed by atoms with Gasteiger partial charge in [-0.2, -0.15) is 0 Å². The van der Waals surface area contributed by atoms with Gasteiger partial charge in [0.15, 0.2) is 20.7 Å². The molecule has 1 saturated heterocycles. The summed E-state index contributed by atoms with van der Waals surface area (Å²) in [5.74, 6) is 0.141. The first kappa shape index (κ1) is 60.4. The second-order valence-electron chi connectivity index (χ2n) is 20.2. The molecular weight excluding hydrogens is 938 g/mol. The van der Waals surface area contributed by atoms with Gasteiger partial charge in [-0.3, -0.25) is 14.4 Å². The van der Waals surface area contributed by atoms with Crippen LogP contribution in [0.15, 0.2) is 48.5 Å². The van der Waals surface area contributed by atoms with E-state index in [4.69, 9.17) is 51.3 Å². The van der Waals surface area contributed by atoms with Crippen LogP contribution >= 0.6 is 23.2 Å². The second kappa shape index (κ2) is 33.7. The molecule has 392 valence electrons. The van der Waals surface area contributed by atoms with E-state index in [1.165, 1.54) is 32.1 Å². The monoisotopic (exact) mass is 1020 g/mol. The molecule has 15 heteroatoms. The zero-order valence-corrected chi connectivity index (χ0v) is 45.3. The summed E-state index contributed by atoms with van der Waals surface area (Å²) >= 11 is 11.9. The number of ether oxygens (including phenoxy) is 5. The lowest BCUT2D eigenvalue weighted by Gasteiger charge is -2.44. The highest BCUT2D eigenvalue weighted by atomic mass is 35.5. The van der Waals surface area contributed by atoms with E-state index in [0.717, 1.165) is 88.5 Å². The minimum Gasteiger partial charge on any atom is -0.494 e. The summed E-state index contributed by atoms with van der Waals surface area (Å²) in [6, 6.07) is 13.3. The van der Waals surface area contributed by atoms with Crippen LogP contribution in [0.5, 0.6) is 11.5 Å². The van der Waals surface area contributed by atoms with Crippen LogP contribution in [0.2, 0.25) is 28.2 Å². The molecule has 3 N–H and O–H groups in total. The van der Waals surface area contributed by atoms with E-state index in [0.29, 0.717) is 42.5 Å². The number of hydrogen-bond acceptors (Lipinski definition) is 11. The molecule has 1 heterocycles. The summed E-state index contributed by atoms with van der Waals surface area (Å²) in [6.07, 6.45) is 13.2. The van der Waals surface area contributed by atoms with Crippen molar-refractivity contribution < 1.29 is 52.7 Å². The second-order valence-corrected chi connectivity index (χ2v) is 25.9. The first-order valence-corrected chi connectivity index (χ1v) is 29.8. The van der Waals surface area contributed by atoms with Crippen LogP contribution in [0.3, 0.4) is 0 Å². The molecular formula is C54H87Cl2NO11Si. The molecule has 0 radical (unpaired) electrons. The topological polar surface area (TPSA) is 159 Å². The fraction of sp³-hybridized carbons (Fsp3) is 0.722. The van der Waals surface area contributed by atoms with Crippen molar-refractivity contribution in [1.29, 1.82) is 0 Å². The lowest BCUT2D eigenvalue weighted by atomic mass is 9.96. The molecule has 2 aromatic rings. The predicted molar refractivity (Wildman–Crippen MR) is 277 cm³/mol. The Morgan fingerprint density at radius 2 is 1.14 bits per heavy atom. The highest BCUT2D eigenvalue weighted by molar-refractivity contribution is 6.74. The Morgan fingerprint density at radius 3 is 1.65 bits per heavy atom. The molecule has 0 spiro atoms. The van der Waals surface area contributed by atoms with Crippen molar-refractivity contribution in [1.82, 2.24) is 5.32 Å². The summed E-state index contributed by atoms with van der Waals surface area (Å²) in [4.78, 5) is 40.4. The van der Waals surface area contributed by atoms with Gasteiger partial charge in [-0.1, -0.05) is 141 Å². The van der Waals surface area contributed by atoms with Gasteiger partial charge in [0.05, 0.1) is 26.2 Å². The van der Waals surface area contributed by atoms with Crippen molar-refractivity contribution in [2.24, 2.45) is 0 Å². The van der Waals surface area contributed by atoms with E-state index in [1.807, 2.05) is 24.3 Å². The Morgan fingerprint density at radius 1 is 0.681 bits per heavy atom. The Labute approximate surface area is 425 Å². The Bertz CT molecular complexity index is 1710. The fourth-order valence-electron chi connectivity index (χ4n) is 7.91. The predicted octanol–water partition coefficient (Wildman–Crippen LogP) is 12.9. The lowest BCUT2D eigenvalue weighted by Crippen LogP contribution is -2.65. The number of nitrogens with one attached hydrogen (secondary N) is 1. The summed E-state index contributed by atoms with van der Waals surface area (Å²) in [6.45, 7) is 13.8. The molecule has 0 bridgehead atoms. The number of benzene rings is 2. The molecule has 0 aromatic heterocycles. The highest BCUT2D eigenvalue weighted by Crippen LogP contribution is 2.37. The minimum absolute atomic E-state index is 0.0271. The Hall–Kier alpha value is -2.91. The zero-order valence-electron chi connectivity index (χ0n) is 42.8. The molecule has 1 aliphatic rings. The number of aliphatic hydroxyl groups excluding tert-OH is 2. The van der Waals surface area contributed by atoms with Crippen LogP contribution in [0, 0.1) is 0 Å². The smallest absolute Gasteiger partial charge is 0.306 e. The Balaban J connectivity index is 1.57. The van der Waals surface area contributed by atoms with Crippen molar-refractivity contribution in [3.8, 4) is 11.5 Å². The van der Waals surface area contributed by atoms with Crippen LogP contribution in [-0.4, -0.2) is 92.9 Å². The van der Waals surface area contributed by atoms with Gasteiger partial charge in [-0.05, 0) is 105 Å². The third-order valence-corrected chi connectivity index (χ3v) is 18.3. The number of halogens is 2. The van der Waals surface area contributed by atoms with E-state index >= 15 is 0 Å². The molecule has 1 fully saturated rings. The number of carbonyl (C=O) groups is 3. The van der Waals surface area contributed by atoms with Gasteiger partial charge in [0.25, 0.3) is 0 Å². The molecule has 6 atom stereocenters. The van der Waals surface area contributed by atoms with Gasteiger partial charge in [-0.15, -0.1) is 0 Å². The maximum Gasteiger partial charge on any atom is 0.306 e. The zero-order chi connectivity index (χ0) is 50.5. The molecule has 1 aliphatic heterocycles. The number of unbranched alkanes of at least 4 members (excludes halogenated alkanes) is 16. The van der Waals surface area contributed by atoms with Crippen LogP contribution in [0.1, 0.15) is 175 Å². The van der Waals surface area contributed by atoms with E-state index in [1.54, 1.807) is 24.3 Å². The van der Waals surface area contributed by atoms with Crippen LogP contribution in [0.25, 0.3) is 0 Å². The third kappa shape index (κ3) is 25.4. The number of rotatable bonds is 36. The highest BCUT2D eigenvalue weighted by Gasteiger charge is 2.49. The summed E-state index contributed by atoms with van der Waals surface area (Å²) < 4.78 is 35.7. The van der Waals surface area contributed by atoms with Gasteiger partial charge in [0.2, 0.25) is 5.91 Å². The summed E-state index contributed by atoms with van der Waals surface area (Å²) in [5.41, 5.74) is 0. The van der Waals surface area contributed by atoms with Gasteiger partial charge < -0.3 is 43.6 Å². The fourth-order valence-corrected chi connectivity index (χ4v) is 9.18. The standard InChI is InChI=1S/C54H87Cl2NO11Si/c1-7-8-9-10-11-12-13-16-21-26-45(66-48(59)27-22-17-14-19-24-37-63-43-33-29-41(55)30-34-43)39-47(58)57-50-52(51(61)46(67-53(50)62)40-65-69(5,6)54(2,3)4)68-49(60)28-23-18-15-20-25-38-64-44-35-31-42(56)32-36-44/h29-36,45-46,50-53,61-62H,7-28,37-40H2,1-6H3,(H,57,58)/t45-,46+,50+,51+,52+,53?/m0/s1.